The van der Waals surface area contributed by atoms with E-state index >= 15 is 0 Å². The number of piperidine rings is 1. The molecule has 0 aromatic rings. The van der Waals surface area contributed by atoms with E-state index in [0.29, 0.717) is 25.9 Å². The maximum absolute atomic E-state index is 12.0. The minimum absolute atomic E-state index is 0.0888. The average molecular weight is 271 g/mol. The lowest BCUT2D eigenvalue weighted by Crippen LogP contribution is -2.49. The molecule has 0 aromatic carbocycles. The van der Waals surface area contributed by atoms with Gasteiger partial charge in [0, 0.05) is 19.1 Å². The van der Waals surface area contributed by atoms with Crippen molar-refractivity contribution < 1.29 is 19.5 Å². The third-order valence-electron chi connectivity index (χ3n) is 3.36. The third-order valence-corrected chi connectivity index (χ3v) is 3.36. The number of aliphatic carboxylic acids is 1. The summed E-state index contributed by atoms with van der Waals surface area (Å²) in [5, 5.41) is 11.5. The monoisotopic (exact) mass is 271 g/mol. The fourth-order valence-electron chi connectivity index (χ4n) is 2.22. The number of rotatable bonds is 5. The number of hydrogen-bond donors (Lipinski definition) is 3. The zero-order valence-electron chi connectivity index (χ0n) is 11.1. The van der Waals surface area contributed by atoms with E-state index in [2.05, 4.69) is 5.32 Å². The number of amides is 3. The maximum Gasteiger partial charge on any atom is 0.314 e. The summed E-state index contributed by atoms with van der Waals surface area (Å²) in [4.78, 5) is 35.2. The van der Waals surface area contributed by atoms with Gasteiger partial charge in [0.05, 0.1) is 12.3 Å². The summed E-state index contributed by atoms with van der Waals surface area (Å²) in [5.41, 5.74) is 5.20. The topological polar surface area (TPSA) is 113 Å². The molecule has 0 aromatic heterocycles. The van der Waals surface area contributed by atoms with Gasteiger partial charge in [-0.1, -0.05) is 6.92 Å². The van der Waals surface area contributed by atoms with Crippen LogP contribution in [0.15, 0.2) is 0 Å². The van der Waals surface area contributed by atoms with Gasteiger partial charge in [-0.05, 0) is 19.3 Å². The molecule has 7 heteroatoms. The van der Waals surface area contributed by atoms with Crippen LogP contribution >= 0.6 is 0 Å². The number of nitrogens with one attached hydrogen (secondary N) is 1. The Kier molecular flexibility index (Phi) is 5.59. The number of carboxylic acids is 1. The van der Waals surface area contributed by atoms with Crippen LogP contribution in [0.3, 0.4) is 0 Å². The van der Waals surface area contributed by atoms with Crippen molar-refractivity contribution in [3.63, 3.8) is 0 Å². The molecular weight excluding hydrogens is 250 g/mol. The Bertz CT molecular complexity index is 359. The average Bonchev–Trinajstić information content (AvgIpc) is 2.37. The first-order valence-electron chi connectivity index (χ1n) is 6.50. The number of carboxylic acid groups (broad SMARTS) is 1. The first-order valence-corrected chi connectivity index (χ1v) is 6.50. The fraction of sp³-hybridized carbons (Fsp3) is 0.750. The molecular formula is C12H21N3O4. The number of likely N-dealkylation sites (tertiary alicyclic amines) is 1. The molecule has 0 radical (unpaired) electrons. The zero-order chi connectivity index (χ0) is 14.4. The summed E-state index contributed by atoms with van der Waals surface area (Å²) in [6.07, 6.45) is 1.90. The zero-order valence-corrected chi connectivity index (χ0v) is 11.1. The van der Waals surface area contributed by atoms with E-state index < -0.39 is 12.0 Å². The van der Waals surface area contributed by atoms with Crippen LogP contribution in [-0.4, -0.2) is 47.0 Å². The van der Waals surface area contributed by atoms with E-state index in [9.17, 15) is 14.4 Å². The minimum Gasteiger partial charge on any atom is -0.481 e. The van der Waals surface area contributed by atoms with Gasteiger partial charge in [0.1, 0.15) is 0 Å². The van der Waals surface area contributed by atoms with Crippen LogP contribution in [0.25, 0.3) is 0 Å². The van der Waals surface area contributed by atoms with Gasteiger partial charge >= 0.3 is 12.0 Å². The van der Waals surface area contributed by atoms with Crippen molar-refractivity contribution in [3.05, 3.63) is 0 Å². The number of nitrogens with two attached hydrogens (primary N) is 1. The lowest BCUT2D eigenvalue weighted by atomic mass is 9.96. The first kappa shape index (κ1) is 15.3. The third kappa shape index (κ3) is 4.76. The summed E-state index contributed by atoms with van der Waals surface area (Å²) >= 11 is 0. The highest BCUT2D eigenvalue weighted by Crippen LogP contribution is 2.17. The van der Waals surface area contributed by atoms with E-state index in [1.54, 1.807) is 0 Å². The van der Waals surface area contributed by atoms with Gasteiger partial charge in [-0.15, -0.1) is 0 Å². The molecule has 1 fully saturated rings. The van der Waals surface area contributed by atoms with E-state index in [0.717, 1.165) is 6.42 Å². The summed E-state index contributed by atoms with van der Waals surface area (Å²) in [6, 6.07) is -0.885. The molecule has 1 aliphatic rings. The van der Waals surface area contributed by atoms with Crippen molar-refractivity contribution in [3.8, 4) is 0 Å². The molecule has 0 saturated carbocycles. The lowest BCUT2D eigenvalue weighted by Gasteiger charge is -2.31. The molecule has 0 bridgehead atoms. The van der Waals surface area contributed by atoms with Crippen LogP contribution in [0.1, 0.15) is 32.6 Å². The highest BCUT2D eigenvalue weighted by molar-refractivity contribution is 5.81. The number of carbonyl (C=O) groups excluding carboxylic acids is 2. The Morgan fingerprint density at radius 2 is 2.16 bits per heavy atom. The van der Waals surface area contributed by atoms with Gasteiger partial charge in [0.15, 0.2) is 0 Å². The summed E-state index contributed by atoms with van der Waals surface area (Å²) in [7, 11) is 0. The molecule has 7 nitrogen and oxygen atoms in total. The van der Waals surface area contributed by atoms with Crippen molar-refractivity contribution in [1.82, 2.24) is 10.2 Å². The first-order chi connectivity index (χ1) is 8.93. The molecule has 1 rings (SSSR count). The van der Waals surface area contributed by atoms with Crippen molar-refractivity contribution in [2.24, 2.45) is 11.7 Å². The molecule has 19 heavy (non-hydrogen) atoms. The Morgan fingerprint density at radius 1 is 1.47 bits per heavy atom. The van der Waals surface area contributed by atoms with E-state index in [1.165, 1.54) is 4.90 Å². The standard InChI is InChI=1S/C12H21N3O4/c1-2-9(6-10(16)17)14-11(18)8-4-3-5-15(7-8)12(13)19/h8-9H,2-7H2,1H3,(H2,13,19)(H,14,18)(H,16,17). The van der Waals surface area contributed by atoms with Crippen LogP contribution in [-0.2, 0) is 9.59 Å². The second kappa shape index (κ2) is 6.96. The number of urea groups is 1. The number of carbonyl (C=O) groups is 3. The van der Waals surface area contributed by atoms with Gasteiger partial charge in [0.2, 0.25) is 5.91 Å². The van der Waals surface area contributed by atoms with E-state index in [4.69, 9.17) is 10.8 Å². The largest absolute Gasteiger partial charge is 0.481 e. The van der Waals surface area contributed by atoms with Crippen LogP contribution in [0.2, 0.25) is 0 Å². The minimum atomic E-state index is -0.936. The van der Waals surface area contributed by atoms with Crippen LogP contribution in [0.5, 0.6) is 0 Å². The molecule has 3 amide bonds. The molecule has 4 N–H and O–H groups in total. The highest BCUT2D eigenvalue weighted by atomic mass is 16.4. The van der Waals surface area contributed by atoms with Crippen molar-refractivity contribution in [2.45, 2.75) is 38.6 Å². The normalized spacial score (nSPS) is 20.7. The molecule has 1 saturated heterocycles. The molecule has 1 heterocycles. The van der Waals surface area contributed by atoms with Crippen LogP contribution < -0.4 is 11.1 Å². The number of nitrogens with zero attached hydrogens (tertiary/aromatic N) is 1. The lowest BCUT2D eigenvalue weighted by molar-refractivity contribution is -0.138. The Labute approximate surface area is 112 Å². The van der Waals surface area contributed by atoms with Gasteiger partial charge in [-0.2, -0.15) is 0 Å². The molecule has 108 valence electrons. The molecule has 1 aliphatic heterocycles. The van der Waals surface area contributed by atoms with E-state index in [1.807, 2.05) is 6.92 Å². The van der Waals surface area contributed by atoms with Crippen molar-refractivity contribution >= 4 is 17.9 Å². The highest BCUT2D eigenvalue weighted by Gasteiger charge is 2.28. The maximum atomic E-state index is 12.0. The predicted molar refractivity (Wildman–Crippen MR) is 68.4 cm³/mol. The Hall–Kier alpha value is -1.79. The SMILES string of the molecule is CCC(CC(=O)O)NC(=O)C1CCCN(C(N)=O)C1. The second-order valence-electron chi connectivity index (χ2n) is 4.84. The molecule has 0 aliphatic carbocycles. The van der Waals surface area contributed by atoms with Gasteiger partial charge in [-0.3, -0.25) is 9.59 Å². The summed E-state index contributed by atoms with van der Waals surface area (Å²) < 4.78 is 0. The predicted octanol–water partition coefficient (Wildman–Crippen LogP) is 0.147. The van der Waals surface area contributed by atoms with Crippen molar-refractivity contribution in [2.75, 3.05) is 13.1 Å². The van der Waals surface area contributed by atoms with Gasteiger partial charge in [0.25, 0.3) is 0 Å². The Balaban J connectivity index is 2.52. The molecule has 0 spiro atoms. The van der Waals surface area contributed by atoms with Crippen molar-refractivity contribution in [1.29, 1.82) is 0 Å². The molecule has 2 unspecified atom stereocenters. The smallest absolute Gasteiger partial charge is 0.314 e. The Morgan fingerprint density at radius 3 is 2.68 bits per heavy atom. The van der Waals surface area contributed by atoms with Gasteiger partial charge in [-0.25, -0.2) is 4.79 Å². The quantitative estimate of drug-likeness (QED) is 0.660. The van der Waals surface area contributed by atoms with Crippen LogP contribution in [0.4, 0.5) is 4.79 Å². The van der Waals surface area contributed by atoms with Crippen LogP contribution in [0, 0.1) is 5.92 Å². The summed E-state index contributed by atoms with van der Waals surface area (Å²) in [5.74, 6) is -1.43. The van der Waals surface area contributed by atoms with Gasteiger partial charge < -0.3 is 21.1 Å². The second-order valence-corrected chi connectivity index (χ2v) is 4.84. The number of primary amides is 1. The molecule has 2 atom stereocenters. The number of hydrogen-bond acceptors (Lipinski definition) is 3. The fourth-order valence-corrected chi connectivity index (χ4v) is 2.22. The summed E-state index contributed by atoms with van der Waals surface area (Å²) in [6.45, 7) is 2.71. The van der Waals surface area contributed by atoms with E-state index in [-0.39, 0.29) is 24.3 Å².